The number of hydrogen-bond acceptors (Lipinski definition) is 6. The number of piperazine rings is 1. The van der Waals surface area contributed by atoms with Crippen LogP contribution in [-0.2, 0) is 9.59 Å². The van der Waals surface area contributed by atoms with Crippen LogP contribution < -0.4 is 10.6 Å². The van der Waals surface area contributed by atoms with Crippen LogP contribution in [0.1, 0.15) is 25.3 Å². The van der Waals surface area contributed by atoms with E-state index in [4.69, 9.17) is 0 Å². The maximum absolute atomic E-state index is 13.0. The molecule has 2 aliphatic rings. The Balaban J connectivity index is 1.38. The van der Waals surface area contributed by atoms with Gasteiger partial charge in [0.2, 0.25) is 17.8 Å². The molecule has 0 radical (unpaired) electrons. The van der Waals surface area contributed by atoms with Crippen molar-refractivity contribution in [2.75, 3.05) is 43.9 Å². The Labute approximate surface area is 198 Å². The van der Waals surface area contributed by atoms with E-state index in [-0.39, 0.29) is 23.8 Å². The van der Waals surface area contributed by atoms with Gasteiger partial charge in [-0.1, -0.05) is 12.1 Å². The number of nitrogens with one attached hydrogen (secondary N) is 3. The second-order valence-electron chi connectivity index (χ2n) is 9.42. The summed E-state index contributed by atoms with van der Waals surface area (Å²) in [5.41, 5.74) is 4.15. The molecule has 2 fully saturated rings. The fraction of sp³-hybridized carbons (Fsp3) is 0.440. The maximum Gasteiger partial charge on any atom is 0.241 e. The number of carbonyl (C=O) groups is 2. The molecule has 1 saturated heterocycles. The maximum atomic E-state index is 13.0. The van der Waals surface area contributed by atoms with E-state index < -0.39 is 0 Å². The monoisotopic (exact) mass is 461 g/mol. The molecule has 0 spiro atoms. The van der Waals surface area contributed by atoms with Gasteiger partial charge in [-0.15, -0.1) is 0 Å². The van der Waals surface area contributed by atoms with Gasteiger partial charge in [0, 0.05) is 55.4 Å². The molecule has 3 N–H and O–H groups in total. The minimum absolute atomic E-state index is 0.0171. The number of para-hydroxylation sites is 1. The Bertz CT molecular complexity index is 1230. The fourth-order valence-electron chi connectivity index (χ4n) is 4.40. The first-order valence-corrected chi connectivity index (χ1v) is 11.9. The van der Waals surface area contributed by atoms with Gasteiger partial charge in [0.25, 0.3) is 0 Å². The average molecular weight is 462 g/mol. The predicted molar refractivity (Wildman–Crippen MR) is 133 cm³/mol. The molecule has 2 aromatic heterocycles. The number of aryl methyl sites for hydroxylation is 1. The summed E-state index contributed by atoms with van der Waals surface area (Å²) in [5, 5.41) is 6.89. The Hall–Kier alpha value is -3.30. The Morgan fingerprint density at radius 1 is 1.15 bits per heavy atom. The summed E-state index contributed by atoms with van der Waals surface area (Å²) in [6.07, 6.45) is 5.48. The number of amides is 2. The predicted octanol–water partition coefficient (Wildman–Crippen LogP) is 2.86. The summed E-state index contributed by atoms with van der Waals surface area (Å²) in [5.74, 6) is 0.364. The van der Waals surface area contributed by atoms with Crippen LogP contribution in [0, 0.1) is 12.8 Å². The number of fused-ring (bicyclic) bond motifs is 1. The molecule has 2 amide bonds. The highest BCUT2D eigenvalue weighted by atomic mass is 16.2. The first kappa shape index (κ1) is 22.5. The molecular formula is C25H31N7O2. The van der Waals surface area contributed by atoms with Gasteiger partial charge in [-0.25, -0.2) is 9.97 Å². The smallest absolute Gasteiger partial charge is 0.241 e. The van der Waals surface area contributed by atoms with Crippen LogP contribution in [0.3, 0.4) is 0 Å². The van der Waals surface area contributed by atoms with Gasteiger partial charge in [-0.3, -0.25) is 19.8 Å². The molecule has 9 nitrogen and oxygen atoms in total. The highest BCUT2D eigenvalue weighted by Gasteiger charge is 2.30. The summed E-state index contributed by atoms with van der Waals surface area (Å²) < 4.78 is 0. The van der Waals surface area contributed by atoms with E-state index in [0.29, 0.717) is 5.95 Å². The first-order chi connectivity index (χ1) is 16.4. The molecular weight excluding hydrogens is 430 g/mol. The largest absolute Gasteiger partial charge is 0.359 e. The van der Waals surface area contributed by atoms with Crippen LogP contribution >= 0.6 is 0 Å². The molecule has 1 aliphatic carbocycles. The van der Waals surface area contributed by atoms with E-state index >= 15 is 0 Å². The van der Waals surface area contributed by atoms with Crippen molar-refractivity contribution in [3.8, 4) is 11.3 Å². The van der Waals surface area contributed by atoms with E-state index in [1.807, 2.05) is 38.2 Å². The zero-order valence-electron chi connectivity index (χ0n) is 19.9. The third-order valence-electron chi connectivity index (χ3n) is 6.85. The number of likely N-dealkylation sites (N-methyl/N-ethyl adjacent to an activating group) is 1. The summed E-state index contributed by atoms with van der Waals surface area (Å²) >= 11 is 0. The lowest BCUT2D eigenvalue weighted by Crippen LogP contribution is -2.51. The average Bonchev–Trinajstić information content (AvgIpc) is 3.60. The van der Waals surface area contributed by atoms with Gasteiger partial charge in [-0.2, -0.15) is 0 Å². The normalized spacial score (nSPS) is 18.1. The van der Waals surface area contributed by atoms with Crippen molar-refractivity contribution >= 4 is 34.4 Å². The zero-order valence-corrected chi connectivity index (χ0v) is 19.9. The molecule has 178 valence electrons. The van der Waals surface area contributed by atoms with Gasteiger partial charge in [-0.05, 0) is 45.4 Å². The van der Waals surface area contributed by atoms with Gasteiger partial charge >= 0.3 is 0 Å². The first-order valence-electron chi connectivity index (χ1n) is 11.9. The van der Waals surface area contributed by atoms with Crippen molar-refractivity contribution in [2.24, 2.45) is 5.92 Å². The van der Waals surface area contributed by atoms with Crippen LogP contribution in [-0.4, -0.2) is 75.8 Å². The number of nitrogens with zero attached hydrogens (tertiary/aromatic N) is 4. The summed E-state index contributed by atoms with van der Waals surface area (Å²) in [4.78, 5) is 41.9. The third kappa shape index (κ3) is 4.53. The molecule has 3 heterocycles. The van der Waals surface area contributed by atoms with Crippen LogP contribution in [0.15, 0.2) is 30.6 Å². The van der Waals surface area contributed by atoms with E-state index in [0.717, 1.165) is 72.4 Å². The molecule has 34 heavy (non-hydrogen) atoms. The van der Waals surface area contributed by atoms with Crippen molar-refractivity contribution in [3.05, 3.63) is 36.2 Å². The van der Waals surface area contributed by atoms with Gasteiger partial charge in [0.05, 0.1) is 22.9 Å². The van der Waals surface area contributed by atoms with Crippen LogP contribution in [0.2, 0.25) is 0 Å². The number of benzene rings is 1. The molecule has 1 atom stereocenters. The minimum atomic E-state index is -0.208. The Morgan fingerprint density at radius 2 is 1.91 bits per heavy atom. The number of carbonyl (C=O) groups excluding carboxylic acids is 2. The highest BCUT2D eigenvalue weighted by molar-refractivity contribution is 6.06. The molecule has 3 aromatic rings. The molecule has 5 rings (SSSR count). The minimum Gasteiger partial charge on any atom is -0.359 e. The zero-order chi connectivity index (χ0) is 23.8. The fourth-order valence-corrected chi connectivity index (χ4v) is 4.40. The Kier molecular flexibility index (Phi) is 6.05. The van der Waals surface area contributed by atoms with Crippen LogP contribution in [0.5, 0.6) is 0 Å². The Morgan fingerprint density at radius 3 is 2.65 bits per heavy atom. The second kappa shape index (κ2) is 9.15. The number of rotatable bonds is 6. The molecule has 1 saturated carbocycles. The van der Waals surface area contributed by atoms with Crippen molar-refractivity contribution in [1.82, 2.24) is 24.8 Å². The van der Waals surface area contributed by atoms with E-state index in [1.54, 1.807) is 6.20 Å². The lowest BCUT2D eigenvalue weighted by molar-refractivity contribution is -0.121. The number of H-pyrrole nitrogens is 1. The summed E-state index contributed by atoms with van der Waals surface area (Å²) in [6.45, 7) is 7.61. The molecule has 0 bridgehead atoms. The number of anilines is 2. The molecule has 0 unspecified atom stereocenters. The summed E-state index contributed by atoms with van der Waals surface area (Å²) in [7, 11) is 2.11. The molecule has 9 heteroatoms. The van der Waals surface area contributed by atoms with Gasteiger partial charge in [0.15, 0.2) is 0 Å². The van der Waals surface area contributed by atoms with Crippen molar-refractivity contribution in [3.63, 3.8) is 0 Å². The lowest BCUT2D eigenvalue weighted by Gasteiger charge is -2.35. The van der Waals surface area contributed by atoms with Gasteiger partial charge < -0.3 is 15.2 Å². The van der Waals surface area contributed by atoms with Crippen LogP contribution in [0.25, 0.3) is 22.2 Å². The summed E-state index contributed by atoms with van der Waals surface area (Å²) in [6, 6.07) is 5.64. The number of aromatic nitrogens is 3. The molecule has 1 aliphatic heterocycles. The number of hydrogen-bond donors (Lipinski definition) is 3. The van der Waals surface area contributed by atoms with E-state index in [1.165, 1.54) is 0 Å². The second-order valence-corrected chi connectivity index (χ2v) is 9.42. The number of aromatic amines is 1. The standard InChI is InChI=1S/C25H31N7O2/c1-15-13-27-25(30-24(34)17-7-8-17)29-21(15)19-14-26-22-18(19)5-4-6-20(22)28-23(33)16(2)32-11-9-31(3)10-12-32/h4-6,13-14,16-17,26H,7-12H2,1-3H3,(H,28,33)(H,27,29,30,34)/t16-/m1/s1. The SMILES string of the molecule is Cc1cnc(NC(=O)C2CC2)nc1-c1c[nH]c2c(NC(=O)[C@@H](C)N3CCN(C)CC3)cccc12. The molecule has 1 aromatic carbocycles. The van der Waals surface area contributed by atoms with Crippen molar-refractivity contribution in [1.29, 1.82) is 0 Å². The topological polar surface area (TPSA) is 106 Å². The lowest BCUT2D eigenvalue weighted by atomic mass is 10.1. The third-order valence-corrected chi connectivity index (χ3v) is 6.85. The highest BCUT2D eigenvalue weighted by Crippen LogP contribution is 2.34. The van der Waals surface area contributed by atoms with Crippen molar-refractivity contribution < 1.29 is 9.59 Å². The van der Waals surface area contributed by atoms with Crippen LogP contribution in [0.4, 0.5) is 11.6 Å². The quantitative estimate of drug-likeness (QED) is 0.521. The van der Waals surface area contributed by atoms with E-state index in [2.05, 4.69) is 42.4 Å². The van der Waals surface area contributed by atoms with Crippen molar-refractivity contribution in [2.45, 2.75) is 32.7 Å². The van der Waals surface area contributed by atoms with E-state index in [9.17, 15) is 9.59 Å². The van der Waals surface area contributed by atoms with Gasteiger partial charge in [0.1, 0.15) is 0 Å².